The highest BCUT2D eigenvalue weighted by atomic mass is 15.3. The van der Waals surface area contributed by atoms with Gasteiger partial charge in [0.25, 0.3) is 0 Å². The van der Waals surface area contributed by atoms with E-state index in [0.29, 0.717) is 11.9 Å². The summed E-state index contributed by atoms with van der Waals surface area (Å²) in [5.74, 6) is 1.31. The lowest BCUT2D eigenvalue weighted by Crippen LogP contribution is -2.39. The van der Waals surface area contributed by atoms with Crippen molar-refractivity contribution in [3.05, 3.63) is 12.1 Å². The summed E-state index contributed by atoms with van der Waals surface area (Å²) in [5.41, 5.74) is 5.70. The maximum absolute atomic E-state index is 5.50. The normalized spacial score (nSPS) is 13.7. The van der Waals surface area contributed by atoms with Crippen LogP contribution in [0.3, 0.4) is 0 Å². The largest absolute Gasteiger partial charge is 0.382 e. The standard InChI is InChI=1S/C11H20N4/c1-8(11(2,3)4)15(5)10-7-6-9(12)13-14-10/h6-8H,1-5H3,(H2,12,13). The molecule has 4 nitrogen and oxygen atoms in total. The molecule has 0 radical (unpaired) electrons. The molecule has 0 aliphatic heterocycles. The molecule has 1 aromatic heterocycles. The lowest BCUT2D eigenvalue weighted by atomic mass is 9.87. The Labute approximate surface area is 91.5 Å². The van der Waals surface area contributed by atoms with Gasteiger partial charge in [0, 0.05) is 13.1 Å². The third-order valence-electron chi connectivity index (χ3n) is 2.87. The fourth-order valence-electron chi connectivity index (χ4n) is 1.30. The van der Waals surface area contributed by atoms with Gasteiger partial charge in [0.15, 0.2) is 5.82 Å². The van der Waals surface area contributed by atoms with Gasteiger partial charge < -0.3 is 10.6 Å². The van der Waals surface area contributed by atoms with Crippen LogP contribution >= 0.6 is 0 Å². The van der Waals surface area contributed by atoms with E-state index in [-0.39, 0.29) is 5.41 Å². The van der Waals surface area contributed by atoms with Crippen LogP contribution in [0.5, 0.6) is 0 Å². The van der Waals surface area contributed by atoms with Crippen LogP contribution in [0.25, 0.3) is 0 Å². The van der Waals surface area contributed by atoms with Crippen molar-refractivity contribution >= 4 is 11.6 Å². The molecule has 2 N–H and O–H groups in total. The topological polar surface area (TPSA) is 55.0 Å². The fourth-order valence-corrected chi connectivity index (χ4v) is 1.30. The second-order valence-corrected chi connectivity index (χ2v) is 4.97. The van der Waals surface area contributed by atoms with E-state index in [9.17, 15) is 0 Å². The summed E-state index contributed by atoms with van der Waals surface area (Å²) in [7, 11) is 2.02. The molecule has 0 saturated carbocycles. The van der Waals surface area contributed by atoms with Gasteiger partial charge in [-0.1, -0.05) is 20.8 Å². The minimum Gasteiger partial charge on any atom is -0.382 e. The van der Waals surface area contributed by atoms with E-state index in [4.69, 9.17) is 5.73 Å². The molecule has 1 atom stereocenters. The van der Waals surface area contributed by atoms with Crippen LogP contribution < -0.4 is 10.6 Å². The summed E-state index contributed by atoms with van der Waals surface area (Å²) in [6.45, 7) is 8.80. The molecular weight excluding hydrogens is 188 g/mol. The van der Waals surface area contributed by atoms with Gasteiger partial charge in [-0.3, -0.25) is 0 Å². The molecule has 0 bridgehead atoms. The van der Waals surface area contributed by atoms with Crippen LogP contribution in [0.1, 0.15) is 27.7 Å². The lowest BCUT2D eigenvalue weighted by molar-refractivity contribution is 0.328. The summed E-state index contributed by atoms with van der Waals surface area (Å²) in [4.78, 5) is 2.12. The minimum absolute atomic E-state index is 0.206. The first-order chi connectivity index (χ1) is 6.82. The Morgan fingerprint density at radius 1 is 1.27 bits per heavy atom. The average Bonchev–Trinajstić information content (AvgIpc) is 2.15. The van der Waals surface area contributed by atoms with E-state index in [1.807, 2.05) is 13.1 Å². The van der Waals surface area contributed by atoms with E-state index in [2.05, 4.69) is 42.8 Å². The van der Waals surface area contributed by atoms with E-state index in [1.54, 1.807) is 6.07 Å². The Morgan fingerprint density at radius 3 is 2.27 bits per heavy atom. The molecule has 1 aromatic rings. The Kier molecular flexibility index (Phi) is 3.17. The second-order valence-electron chi connectivity index (χ2n) is 4.97. The third-order valence-corrected chi connectivity index (χ3v) is 2.87. The smallest absolute Gasteiger partial charge is 0.151 e. The predicted octanol–water partition coefficient (Wildman–Crippen LogP) is 1.93. The zero-order valence-corrected chi connectivity index (χ0v) is 10.2. The molecule has 1 heterocycles. The monoisotopic (exact) mass is 208 g/mol. The molecule has 1 unspecified atom stereocenters. The second kappa shape index (κ2) is 4.04. The maximum Gasteiger partial charge on any atom is 0.151 e. The van der Waals surface area contributed by atoms with E-state index in [0.717, 1.165) is 5.82 Å². The van der Waals surface area contributed by atoms with Crippen LogP contribution in [0.4, 0.5) is 11.6 Å². The summed E-state index contributed by atoms with van der Waals surface area (Å²) in [6, 6.07) is 4.05. The Morgan fingerprint density at radius 2 is 1.87 bits per heavy atom. The van der Waals surface area contributed by atoms with Crippen molar-refractivity contribution in [2.75, 3.05) is 17.7 Å². The van der Waals surface area contributed by atoms with Crippen LogP contribution in [0, 0.1) is 5.41 Å². The number of nitrogens with zero attached hydrogens (tertiary/aromatic N) is 3. The number of nitrogen functional groups attached to an aromatic ring is 1. The first-order valence-electron chi connectivity index (χ1n) is 5.14. The fraction of sp³-hybridized carbons (Fsp3) is 0.636. The molecule has 4 heteroatoms. The molecule has 0 spiro atoms. The van der Waals surface area contributed by atoms with Gasteiger partial charge in [-0.15, -0.1) is 10.2 Å². The first-order valence-corrected chi connectivity index (χ1v) is 5.14. The molecule has 0 amide bonds. The molecule has 1 rings (SSSR count). The zero-order valence-electron chi connectivity index (χ0n) is 10.2. The Balaban J connectivity index is 2.85. The van der Waals surface area contributed by atoms with Gasteiger partial charge in [-0.05, 0) is 24.5 Å². The number of rotatable bonds is 2. The zero-order chi connectivity index (χ0) is 11.6. The lowest BCUT2D eigenvalue weighted by Gasteiger charge is -2.35. The quantitative estimate of drug-likeness (QED) is 0.807. The number of aromatic nitrogens is 2. The molecule has 84 valence electrons. The SMILES string of the molecule is CC(N(C)c1ccc(N)nn1)C(C)(C)C. The number of hydrogen-bond donors (Lipinski definition) is 1. The van der Waals surface area contributed by atoms with Crippen LogP contribution in [-0.4, -0.2) is 23.3 Å². The highest BCUT2D eigenvalue weighted by Crippen LogP contribution is 2.25. The van der Waals surface area contributed by atoms with Crippen molar-refractivity contribution in [1.82, 2.24) is 10.2 Å². The Hall–Kier alpha value is -1.32. The van der Waals surface area contributed by atoms with E-state index in [1.165, 1.54) is 0 Å². The van der Waals surface area contributed by atoms with Crippen molar-refractivity contribution in [3.8, 4) is 0 Å². The van der Waals surface area contributed by atoms with Crippen molar-refractivity contribution in [3.63, 3.8) is 0 Å². The van der Waals surface area contributed by atoms with Crippen molar-refractivity contribution in [2.45, 2.75) is 33.7 Å². The third kappa shape index (κ3) is 2.81. The minimum atomic E-state index is 0.206. The summed E-state index contributed by atoms with van der Waals surface area (Å²) in [5, 5.41) is 7.91. The predicted molar refractivity (Wildman–Crippen MR) is 63.8 cm³/mol. The molecule has 0 aliphatic carbocycles. The van der Waals surface area contributed by atoms with Gasteiger partial charge in [-0.25, -0.2) is 0 Å². The van der Waals surface area contributed by atoms with E-state index >= 15 is 0 Å². The molecule has 0 fully saturated rings. The summed E-state index contributed by atoms with van der Waals surface area (Å²) < 4.78 is 0. The van der Waals surface area contributed by atoms with E-state index < -0.39 is 0 Å². The van der Waals surface area contributed by atoms with Crippen molar-refractivity contribution in [2.24, 2.45) is 5.41 Å². The highest BCUT2D eigenvalue weighted by molar-refractivity contribution is 5.41. The number of nitrogens with two attached hydrogens (primary N) is 1. The van der Waals surface area contributed by atoms with Crippen molar-refractivity contribution in [1.29, 1.82) is 0 Å². The van der Waals surface area contributed by atoms with Crippen LogP contribution in [0.15, 0.2) is 12.1 Å². The summed E-state index contributed by atoms with van der Waals surface area (Å²) >= 11 is 0. The van der Waals surface area contributed by atoms with Gasteiger partial charge in [0.1, 0.15) is 5.82 Å². The molecule has 15 heavy (non-hydrogen) atoms. The molecule has 0 aromatic carbocycles. The maximum atomic E-state index is 5.50. The molecule has 0 aliphatic rings. The first kappa shape index (κ1) is 11.8. The average molecular weight is 208 g/mol. The summed E-state index contributed by atoms with van der Waals surface area (Å²) in [6.07, 6.45) is 0. The Bertz CT molecular complexity index is 312. The molecule has 0 saturated heterocycles. The van der Waals surface area contributed by atoms with Gasteiger partial charge in [0.2, 0.25) is 0 Å². The van der Waals surface area contributed by atoms with Gasteiger partial charge >= 0.3 is 0 Å². The number of hydrogen-bond acceptors (Lipinski definition) is 4. The van der Waals surface area contributed by atoms with Crippen LogP contribution in [-0.2, 0) is 0 Å². The van der Waals surface area contributed by atoms with Crippen molar-refractivity contribution < 1.29 is 0 Å². The molecular formula is C11H20N4. The van der Waals surface area contributed by atoms with Crippen LogP contribution in [0.2, 0.25) is 0 Å². The number of anilines is 2. The highest BCUT2D eigenvalue weighted by Gasteiger charge is 2.24. The van der Waals surface area contributed by atoms with Gasteiger partial charge in [-0.2, -0.15) is 0 Å². The van der Waals surface area contributed by atoms with Gasteiger partial charge in [0.05, 0.1) is 0 Å².